The van der Waals surface area contributed by atoms with Gasteiger partial charge in [-0.1, -0.05) is 30.3 Å². The van der Waals surface area contributed by atoms with Crippen LogP contribution in [0.2, 0.25) is 0 Å². The van der Waals surface area contributed by atoms with Crippen LogP contribution in [0.4, 0.5) is 5.69 Å². The first-order chi connectivity index (χ1) is 8.66. The molecule has 0 bridgehead atoms. The topological polar surface area (TPSA) is 60.2 Å². The number of benzene rings is 2. The van der Waals surface area contributed by atoms with Crippen LogP contribution in [0.1, 0.15) is 27.1 Å². The maximum Gasteiger partial charge on any atom is 0.170 e. The van der Waals surface area contributed by atoms with Gasteiger partial charge in [-0.25, -0.2) is 0 Å². The highest BCUT2D eigenvalue weighted by Gasteiger charge is 2.13. The minimum Gasteiger partial charge on any atom is -0.399 e. The molecule has 0 saturated carbocycles. The zero-order chi connectivity index (χ0) is 13.0. The Kier molecular flexibility index (Phi) is 3.53. The Morgan fingerprint density at radius 3 is 1.83 bits per heavy atom. The first-order valence-electron chi connectivity index (χ1n) is 5.64. The third kappa shape index (κ3) is 2.83. The number of ketones is 2. The van der Waals surface area contributed by atoms with Crippen LogP contribution < -0.4 is 5.73 Å². The molecule has 0 unspecified atom stereocenters. The Balaban J connectivity index is 2.08. The molecular weight excluding hydrogens is 226 g/mol. The van der Waals surface area contributed by atoms with Crippen LogP contribution in [0.5, 0.6) is 0 Å². The molecule has 0 fully saturated rings. The van der Waals surface area contributed by atoms with Gasteiger partial charge in [0.05, 0.1) is 6.42 Å². The van der Waals surface area contributed by atoms with E-state index in [1.54, 1.807) is 48.5 Å². The van der Waals surface area contributed by atoms with Gasteiger partial charge < -0.3 is 5.73 Å². The van der Waals surface area contributed by atoms with Gasteiger partial charge in [0.2, 0.25) is 0 Å². The van der Waals surface area contributed by atoms with Gasteiger partial charge in [0.15, 0.2) is 11.6 Å². The van der Waals surface area contributed by atoms with Crippen molar-refractivity contribution >= 4 is 17.3 Å². The molecule has 2 aromatic rings. The number of carbonyl (C=O) groups is 2. The molecule has 0 aromatic heterocycles. The van der Waals surface area contributed by atoms with Crippen LogP contribution in [-0.2, 0) is 0 Å². The molecule has 90 valence electrons. The predicted octanol–water partition coefficient (Wildman–Crippen LogP) is 2.72. The summed E-state index contributed by atoms with van der Waals surface area (Å²) in [6, 6.07) is 15.4. The van der Waals surface area contributed by atoms with Gasteiger partial charge in [0.1, 0.15) is 0 Å². The highest BCUT2D eigenvalue weighted by atomic mass is 16.1. The van der Waals surface area contributed by atoms with Crippen molar-refractivity contribution in [3.63, 3.8) is 0 Å². The molecular formula is C15H13NO2. The predicted molar refractivity (Wildman–Crippen MR) is 70.6 cm³/mol. The number of Topliss-reactive ketones (excluding diaryl/α,β-unsaturated/α-hetero) is 2. The van der Waals surface area contributed by atoms with E-state index in [-0.39, 0.29) is 18.0 Å². The number of carbonyl (C=O) groups excluding carboxylic acids is 2. The van der Waals surface area contributed by atoms with Gasteiger partial charge in [0.25, 0.3) is 0 Å². The van der Waals surface area contributed by atoms with Crippen molar-refractivity contribution in [2.24, 2.45) is 0 Å². The second-order valence-electron chi connectivity index (χ2n) is 4.01. The molecule has 0 amide bonds. The summed E-state index contributed by atoms with van der Waals surface area (Å²) in [5.41, 5.74) is 7.20. The molecule has 0 aliphatic rings. The third-order valence-electron chi connectivity index (χ3n) is 2.65. The highest BCUT2D eigenvalue weighted by molar-refractivity contribution is 6.13. The number of anilines is 1. The monoisotopic (exact) mass is 239 g/mol. The fourth-order valence-corrected chi connectivity index (χ4v) is 1.64. The second-order valence-corrected chi connectivity index (χ2v) is 4.01. The zero-order valence-corrected chi connectivity index (χ0v) is 9.80. The Morgan fingerprint density at radius 1 is 0.778 bits per heavy atom. The minimum atomic E-state index is -0.191. The molecule has 0 aliphatic heterocycles. The maximum atomic E-state index is 11.9. The molecule has 2 rings (SSSR count). The Morgan fingerprint density at radius 2 is 1.28 bits per heavy atom. The lowest BCUT2D eigenvalue weighted by atomic mass is 10.0. The molecule has 0 heterocycles. The Hall–Kier alpha value is -2.42. The van der Waals surface area contributed by atoms with Crippen LogP contribution in [0, 0.1) is 0 Å². The fraction of sp³-hybridized carbons (Fsp3) is 0.0667. The van der Waals surface area contributed by atoms with Gasteiger partial charge in [-0.3, -0.25) is 9.59 Å². The summed E-state index contributed by atoms with van der Waals surface area (Å²) in [6.07, 6.45) is -0.117. The van der Waals surface area contributed by atoms with Gasteiger partial charge in [-0.15, -0.1) is 0 Å². The van der Waals surface area contributed by atoms with Crippen molar-refractivity contribution in [1.29, 1.82) is 0 Å². The van der Waals surface area contributed by atoms with E-state index in [0.717, 1.165) is 0 Å². The van der Waals surface area contributed by atoms with Gasteiger partial charge in [0, 0.05) is 16.8 Å². The van der Waals surface area contributed by atoms with Crippen LogP contribution in [0.25, 0.3) is 0 Å². The van der Waals surface area contributed by atoms with E-state index in [0.29, 0.717) is 16.8 Å². The van der Waals surface area contributed by atoms with Gasteiger partial charge >= 0.3 is 0 Å². The fourth-order valence-electron chi connectivity index (χ4n) is 1.64. The van der Waals surface area contributed by atoms with Crippen molar-refractivity contribution in [3.8, 4) is 0 Å². The van der Waals surface area contributed by atoms with Crippen molar-refractivity contribution in [2.45, 2.75) is 6.42 Å². The highest BCUT2D eigenvalue weighted by Crippen LogP contribution is 2.10. The standard InChI is InChI=1S/C15H13NO2/c16-13-8-6-12(7-9-13)15(18)10-14(17)11-4-2-1-3-5-11/h1-9H,10,16H2. The third-order valence-corrected chi connectivity index (χ3v) is 2.65. The molecule has 3 nitrogen and oxygen atoms in total. The van der Waals surface area contributed by atoms with Crippen LogP contribution >= 0.6 is 0 Å². The molecule has 0 saturated heterocycles. The van der Waals surface area contributed by atoms with Crippen LogP contribution in [0.15, 0.2) is 54.6 Å². The maximum absolute atomic E-state index is 11.9. The summed E-state index contributed by atoms with van der Waals surface area (Å²) in [7, 11) is 0. The molecule has 18 heavy (non-hydrogen) atoms. The number of nitrogens with two attached hydrogens (primary N) is 1. The summed E-state index contributed by atoms with van der Waals surface area (Å²) in [4.78, 5) is 23.7. The molecule has 0 aliphatic carbocycles. The van der Waals surface area contributed by atoms with E-state index in [1.165, 1.54) is 0 Å². The van der Waals surface area contributed by atoms with Crippen molar-refractivity contribution in [2.75, 3.05) is 5.73 Å². The number of rotatable bonds is 4. The summed E-state index contributed by atoms with van der Waals surface area (Å²) < 4.78 is 0. The molecule has 0 radical (unpaired) electrons. The molecule has 2 aromatic carbocycles. The van der Waals surface area contributed by atoms with Crippen LogP contribution in [0.3, 0.4) is 0 Å². The zero-order valence-electron chi connectivity index (χ0n) is 9.80. The average Bonchev–Trinajstić information content (AvgIpc) is 2.40. The van der Waals surface area contributed by atoms with E-state index in [2.05, 4.69) is 0 Å². The number of hydrogen-bond donors (Lipinski definition) is 1. The smallest absolute Gasteiger partial charge is 0.170 e. The summed E-state index contributed by atoms with van der Waals surface area (Å²) in [5.74, 6) is -0.360. The lowest BCUT2D eigenvalue weighted by Crippen LogP contribution is -2.08. The lowest BCUT2D eigenvalue weighted by molar-refractivity contribution is 0.0894. The quantitative estimate of drug-likeness (QED) is 0.507. The van der Waals surface area contributed by atoms with Gasteiger partial charge in [-0.2, -0.15) is 0 Å². The van der Waals surface area contributed by atoms with Gasteiger partial charge in [-0.05, 0) is 24.3 Å². The summed E-state index contributed by atoms with van der Waals surface area (Å²) in [6.45, 7) is 0. The second kappa shape index (κ2) is 5.27. The van der Waals surface area contributed by atoms with Crippen molar-refractivity contribution in [1.82, 2.24) is 0 Å². The van der Waals surface area contributed by atoms with E-state index in [1.807, 2.05) is 6.07 Å². The Bertz CT molecular complexity index is 559. The molecule has 0 spiro atoms. The van der Waals surface area contributed by atoms with Crippen molar-refractivity contribution in [3.05, 3.63) is 65.7 Å². The molecule has 3 heteroatoms. The normalized spacial score (nSPS) is 10.0. The lowest BCUT2D eigenvalue weighted by Gasteiger charge is -2.01. The first kappa shape index (κ1) is 12.0. The summed E-state index contributed by atoms with van der Waals surface area (Å²) in [5, 5.41) is 0. The van der Waals surface area contributed by atoms with E-state index >= 15 is 0 Å². The number of nitrogen functional groups attached to an aromatic ring is 1. The summed E-state index contributed by atoms with van der Waals surface area (Å²) >= 11 is 0. The van der Waals surface area contributed by atoms with E-state index in [9.17, 15) is 9.59 Å². The van der Waals surface area contributed by atoms with E-state index in [4.69, 9.17) is 5.73 Å². The largest absolute Gasteiger partial charge is 0.399 e. The van der Waals surface area contributed by atoms with Crippen LogP contribution in [-0.4, -0.2) is 11.6 Å². The first-order valence-corrected chi connectivity index (χ1v) is 5.64. The van der Waals surface area contributed by atoms with E-state index < -0.39 is 0 Å². The molecule has 0 atom stereocenters. The number of hydrogen-bond acceptors (Lipinski definition) is 3. The average molecular weight is 239 g/mol. The minimum absolute atomic E-state index is 0.117. The SMILES string of the molecule is Nc1ccc(C(=O)CC(=O)c2ccccc2)cc1. The van der Waals surface area contributed by atoms with Crippen molar-refractivity contribution < 1.29 is 9.59 Å². The Labute approximate surface area is 105 Å². The molecule has 2 N–H and O–H groups in total.